The van der Waals surface area contributed by atoms with Crippen LogP contribution in [0.2, 0.25) is 0 Å². The highest BCUT2D eigenvalue weighted by Crippen LogP contribution is 2.40. The van der Waals surface area contributed by atoms with E-state index < -0.39 is 10.1 Å². The van der Waals surface area contributed by atoms with Crippen molar-refractivity contribution in [1.29, 1.82) is 0 Å². The van der Waals surface area contributed by atoms with Crippen LogP contribution in [0.1, 0.15) is 87.2 Å². The molecule has 0 atom stereocenters. The van der Waals surface area contributed by atoms with Crippen molar-refractivity contribution in [2.75, 3.05) is 0 Å². The summed E-state index contributed by atoms with van der Waals surface area (Å²) in [6, 6.07) is 9.99. The molecule has 0 heterocycles. The molecule has 0 aliphatic heterocycles. The Balaban J connectivity index is 1.81. The summed E-state index contributed by atoms with van der Waals surface area (Å²) in [5.41, 5.74) is 2.04. The summed E-state index contributed by atoms with van der Waals surface area (Å²) in [7, 11) is -4.50. The van der Waals surface area contributed by atoms with Gasteiger partial charge in [0.05, 0.1) is 4.90 Å². The quantitative estimate of drug-likeness (QED) is 0.637. The van der Waals surface area contributed by atoms with Crippen molar-refractivity contribution in [1.82, 2.24) is 0 Å². The van der Waals surface area contributed by atoms with Gasteiger partial charge in [0.2, 0.25) is 0 Å². The Kier molecular flexibility index (Phi) is 5.07. The molecule has 0 aromatic heterocycles. The molecule has 26 heavy (non-hydrogen) atoms. The molecule has 3 nitrogen and oxygen atoms in total. The van der Waals surface area contributed by atoms with E-state index in [1.54, 1.807) is 0 Å². The number of hydrogen-bond donors (Lipinski definition) is 0. The Labute approximate surface area is 156 Å². The highest BCUT2D eigenvalue weighted by atomic mass is 32.2. The lowest BCUT2D eigenvalue weighted by Gasteiger charge is -2.27. The van der Waals surface area contributed by atoms with Gasteiger partial charge < -0.3 is 4.55 Å². The maximum absolute atomic E-state index is 12.1. The van der Waals surface area contributed by atoms with E-state index in [2.05, 4.69) is 12.1 Å². The van der Waals surface area contributed by atoms with Crippen molar-refractivity contribution < 1.29 is 13.0 Å². The predicted molar refractivity (Wildman–Crippen MR) is 104 cm³/mol. The Bertz CT molecular complexity index is 889. The molecule has 2 aromatic carbocycles. The van der Waals surface area contributed by atoms with E-state index in [0.29, 0.717) is 11.3 Å². The van der Waals surface area contributed by atoms with Gasteiger partial charge in [-0.3, -0.25) is 0 Å². The molecule has 0 N–H and O–H groups in total. The van der Waals surface area contributed by atoms with E-state index >= 15 is 0 Å². The Morgan fingerprint density at radius 1 is 0.769 bits per heavy atom. The number of fused-ring (bicyclic) bond motifs is 1. The SMILES string of the molecule is O=S(=O)([O-])c1c(C2CCCCC2)ccc2cc(C3CCCCC3)ccc12. The molecule has 2 saturated carbocycles. The van der Waals surface area contributed by atoms with Crippen LogP contribution >= 0.6 is 0 Å². The molecule has 4 rings (SSSR count). The van der Waals surface area contributed by atoms with Gasteiger partial charge in [-0.15, -0.1) is 0 Å². The summed E-state index contributed by atoms with van der Waals surface area (Å²) in [6.45, 7) is 0. The van der Waals surface area contributed by atoms with Gasteiger partial charge in [0.25, 0.3) is 0 Å². The molecular weight excluding hydrogens is 344 g/mol. The molecule has 0 bridgehead atoms. The van der Waals surface area contributed by atoms with Crippen LogP contribution in [-0.4, -0.2) is 13.0 Å². The van der Waals surface area contributed by atoms with Crippen LogP contribution in [0.15, 0.2) is 35.2 Å². The van der Waals surface area contributed by atoms with Gasteiger partial charge in [-0.1, -0.05) is 68.9 Å². The van der Waals surface area contributed by atoms with E-state index in [1.165, 1.54) is 44.1 Å². The van der Waals surface area contributed by atoms with Crippen LogP contribution in [0.3, 0.4) is 0 Å². The fourth-order valence-electron chi connectivity index (χ4n) is 5.04. The maximum Gasteiger partial charge on any atom is 0.125 e. The van der Waals surface area contributed by atoms with E-state index in [1.807, 2.05) is 18.2 Å². The van der Waals surface area contributed by atoms with E-state index in [-0.39, 0.29) is 10.8 Å². The third kappa shape index (κ3) is 3.54. The fourth-order valence-corrected chi connectivity index (χ4v) is 6.02. The number of hydrogen-bond acceptors (Lipinski definition) is 3. The van der Waals surface area contributed by atoms with Crippen LogP contribution in [-0.2, 0) is 10.1 Å². The standard InChI is InChI=1S/C22H28O3S/c23-26(24,25)22-20(17-9-5-2-6-10-17)14-12-19-15-18(11-13-21(19)22)16-7-3-1-4-8-16/h11-17H,1-10H2,(H,23,24,25)/p-1. The van der Waals surface area contributed by atoms with E-state index in [4.69, 9.17) is 0 Å². The summed E-state index contributed by atoms with van der Waals surface area (Å²) >= 11 is 0. The van der Waals surface area contributed by atoms with Crippen molar-refractivity contribution in [3.8, 4) is 0 Å². The molecule has 0 radical (unpaired) electrons. The second-order valence-electron chi connectivity index (χ2n) is 8.09. The molecule has 2 fully saturated rings. The van der Waals surface area contributed by atoms with Gasteiger partial charge in [-0.05, 0) is 59.4 Å². The second kappa shape index (κ2) is 7.32. The first-order valence-electron chi connectivity index (χ1n) is 10.1. The average Bonchev–Trinajstić information content (AvgIpc) is 2.67. The molecule has 2 aliphatic carbocycles. The van der Waals surface area contributed by atoms with Gasteiger partial charge in [-0.25, -0.2) is 8.42 Å². The van der Waals surface area contributed by atoms with Crippen molar-refractivity contribution in [3.05, 3.63) is 41.5 Å². The minimum absolute atomic E-state index is 0.0390. The second-order valence-corrected chi connectivity index (χ2v) is 9.40. The van der Waals surface area contributed by atoms with E-state index in [9.17, 15) is 13.0 Å². The monoisotopic (exact) mass is 371 g/mol. The lowest BCUT2D eigenvalue weighted by Crippen LogP contribution is -2.11. The van der Waals surface area contributed by atoms with Crippen LogP contribution in [0.25, 0.3) is 10.8 Å². The predicted octanol–water partition coefficient (Wildman–Crippen LogP) is 5.84. The highest BCUT2D eigenvalue weighted by Gasteiger charge is 2.23. The normalized spacial score (nSPS) is 20.5. The molecule has 0 saturated heterocycles. The molecule has 0 amide bonds. The minimum atomic E-state index is -4.50. The van der Waals surface area contributed by atoms with E-state index in [0.717, 1.165) is 36.6 Å². The Morgan fingerprint density at radius 2 is 1.38 bits per heavy atom. The molecule has 2 aliphatic rings. The molecule has 140 valence electrons. The fraction of sp³-hybridized carbons (Fsp3) is 0.545. The summed E-state index contributed by atoms with van der Waals surface area (Å²) in [6.07, 6.45) is 11.6. The van der Waals surface area contributed by atoms with Gasteiger partial charge in [-0.2, -0.15) is 0 Å². The zero-order valence-electron chi connectivity index (χ0n) is 15.2. The van der Waals surface area contributed by atoms with Gasteiger partial charge >= 0.3 is 0 Å². The maximum atomic E-state index is 12.1. The summed E-state index contributed by atoms with van der Waals surface area (Å²) in [5, 5.41) is 1.50. The van der Waals surface area contributed by atoms with Crippen molar-refractivity contribution in [2.45, 2.75) is 80.9 Å². The third-order valence-electron chi connectivity index (χ3n) is 6.40. The summed E-state index contributed by atoms with van der Waals surface area (Å²) in [5.74, 6) is 0.767. The van der Waals surface area contributed by atoms with Gasteiger partial charge in [0.15, 0.2) is 0 Å². The minimum Gasteiger partial charge on any atom is -0.744 e. The van der Waals surface area contributed by atoms with Crippen molar-refractivity contribution in [2.24, 2.45) is 0 Å². The first-order chi connectivity index (χ1) is 12.5. The lowest BCUT2D eigenvalue weighted by molar-refractivity contribution is 0.432. The zero-order valence-corrected chi connectivity index (χ0v) is 16.1. The highest BCUT2D eigenvalue weighted by molar-refractivity contribution is 7.86. The Hall–Kier alpha value is -1.39. The smallest absolute Gasteiger partial charge is 0.125 e. The molecular formula is C22H27O3S-. The largest absolute Gasteiger partial charge is 0.744 e. The zero-order chi connectivity index (χ0) is 18.1. The van der Waals surface area contributed by atoms with Crippen LogP contribution < -0.4 is 0 Å². The summed E-state index contributed by atoms with van der Waals surface area (Å²) < 4.78 is 36.4. The van der Waals surface area contributed by atoms with Crippen molar-refractivity contribution in [3.63, 3.8) is 0 Å². The number of benzene rings is 2. The third-order valence-corrected chi connectivity index (χ3v) is 7.35. The molecule has 0 spiro atoms. The van der Waals surface area contributed by atoms with Crippen molar-refractivity contribution >= 4 is 20.9 Å². The molecule has 4 heteroatoms. The van der Waals surface area contributed by atoms with Crippen LogP contribution in [0.4, 0.5) is 0 Å². The van der Waals surface area contributed by atoms with Gasteiger partial charge in [0, 0.05) is 0 Å². The van der Waals surface area contributed by atoms with Crippen LogP contribution in [0.5, 0.6) is 0 Å². The average molecular weight is 372 g/mol. The topological polar surface area (TPSA) is 57.2 Å². The molecule has 2 aromatic rings. The lowest BCUT2D eigenvalue weighted by atomic mass is 9.82. The Morgan fingerprint density at radius 3 is 2.00 bits per heavy atom. The van der Waals surface area contributed by atoms with Gasteiger partial charge in [0.1, 0.15) is 10.1 Å². The summed E-state index contributed by atoms with van der Waals surface area (Å²) in [4.78, 5) is 0.0390. The first kappa shape index (κ1) is 18.0. The molecule has 0 unspecified atom stereocenters. The number of rotatable bonds is 3. The van der Waals surface area contributed by atoms with Crippen LogP contribution in [0, 0.1) is 0 Å². The first-order valence-corrected chi connectivity index (χ1v) is 11.5.